The van der Waals surface area contributed by atoms with Crippen molar-refractivity contribution in [2.24, 2.45) is 0 Å². The maximum Gasteiger partial charge on any atom is 0.329 e. The largest absolute Gasteiger partial charge is 0.478 e. The van der Waals surface area contributed by atoms with E-state index in [4.69, 9.17) is 10.2 Å². The molecule has 0 heterocycles. The Bertz CT molecular complexity index is 197. The summed E-state index contributed by atoms with van der Waals surface area (Å²) in [6, 6.07) is 0. The summed E-state index contributed by atoms with van der Waals surface area (Å²) < 4.78 is 4.59. The van der Waals surface area contributed by atoms with Crippen LogP contribution < -0.4 is 0 Å². The molecule has 5 nitrogen and oxygen atoms in total. The molecule has 0 aromatic rings. The van der Waals surface area contributed by atoms with Gasteiger partial charge in [-0.25, -0.2) is 9.59 Å². The Kier molecular flexibility index (Phi) is 4.16. The van der Waals surface area contributed by atoms with Crippen molar-refractivity contribution in [3.63, 3.8) is 0 Å². The molecule has 0 aliphatic rings. The lowest BCUT2D eigenvalue weighted by molar-refractivity contribution is -0.134. The van der Waals surface area contributed by atoms with E-state index >= 15 is 0 Å². The second-order valence-corrected chi connectivity index (χ2v) is 3.37. The fourth-order valence-corrected chi connectivity index (χ4v) is 1.16. The van der Waals surface area contributed by atoms with Gasteiger partial charge in [0.2, 0.25) is 9.76 Å². The summed E-state index contributed by atoms with van der Waals surface area (Å²) in [7, 11) is -0.0218. The van der Waals surface area contributed by atoms with Gasteiger partial charge in [0, 0.05) is 13.2 Å². The summed E-state index contributed by atoms with van der Waals surface area (Å²) in [6.07, 6.45) is 0.665. The lowest BCUT2D eigenvalue weighted by Crippen LogP contribution is -2.12. The molecule has 0 fully saturated rings. The van der Waals surface area contributed by atoms with E-state index in [0.29, 0.717) is 6.08 Å². The van der Waals surface area contributed by atoms with Crippen molar-refractivity contribution >= 4 is 21.7 Å². The smallest absolute Gasteiger partial charge is 0.329 e. The van der Waals surface area contributed by atoms with E-state index in [1.165, 1.54) is 7.11 Å². The molecule has 0 aromatic heterocycles. The zero-order chi connectivity index (χ0) is 8.85. The molecule has 0 radical (unpaired) electrons. The van der Waals surface area contributed by atoms with Gasteiger partial charge in [0.1, 0.15) is 0 Å². The van der Waals surface area contributed by atoms with Crippen molar-refractivity contribution in [3.05, 3.63) is 11.3 Å². The topological polar surface area (TPSA) is 83.8 Å². The van der Waals surface area contributed by atoms with Gasteiger partial charge in [-0.2, -0.15) is 0 Å². The van der Waals surface area contributed by atoms with E-state index in [0.717, 1.165) is 0 Å². The molecule has 0 aromatic carbocycles. The number of carbonyl (C=O) groups is 2. The molecule has 0 aliphatic heterocycles. The van der Waals surface area contributed by atoms with E-state index in [-0.39, 0.29) is 5.20 Å². The first kappa shape index (κ1) is 9.86. The van der Waals surface area contributed by atoms with Gasteiger partial charge in [-0.1, -0.05) is 0 Å². The molecule has 0 amide bonds. The Labute approximate surface area is 65.2 Å². The van der Waals surface area contributed by atoms with Crippen LogP contribution in [-0.4, -0.2) is 39.0 Å². The third kappa shape index (κ3) is 4.29. The van der Waals surface area contributed by atoms with Crippen molar-refractivity contribution in [1.29, 1.82) is 0 Å². The van der Waals surface area contributed by atoms with Crippen LogP contribution in [0.15, 0.2) is 11.3 Å². The Hall–Kier alpha value is -1.14. The molecule has 62 valence electrons. The van der Waals surface area contributed by atoms with Crippen molar-refractivity contribution in [2.75, 3.05) is 7.11 Å². The van der Waals surface area contributed by atoms with Crippen LogP contribution in [0.25, 0.3) is 0 Å². The maximum atomic E-state index is 10.2. The van der Waals surface area contributed by atoms with E-state index in [9.17, 15) is 9.59 Å². The number of aliphatic carboxylic acids is 2. The minimum atomic E-state index is -1.37. The third-order valence-electron chi connectivity index (χ3n) is 0.872. The predicted molar refractivity (Wildman–Crippen MR) is 38.9 cm³/mol. The average molecular weight is 176 g/mol. The van der Waals surface area contributed by atoms with Gasteiger partial charge in [0.05, 0.1) is 5.20 Å². The maximum absolute atomic E-state index is 10.2. The molecule has 6 heteroatoms. The summed E-state index contributed by atoms with van der Waals surface area (Å²) in [5.41, 5.74) is 0. The van der Waals surface area contributed by atoms with E-state index in [1.807, 2.05) is 0 Å². The number of carboxylic acids is 2. The highest BCUT2D eigenvalue weighted by molar-refractivity contribution is 6.48. The van der Waals surface area contributed by atoms with Crippen LogP contribution in [0, 0.1) is 0 Å². The van der Waals surface area contributed by atoms with E-state index < -0.39 is 21.7 Å². The molecular weight excluding hydrogens is 168 g/mol. The molecule has 0 saturated heterocycles. The molecular formula is C5H8O5Si. The summed E-state index contributed by atoms with van der Waals surface area (Å²) in [4.78, 5) is 20.3. The highest BCUT2D eigenvalue weighted by Crippen LogP contribution is 1.91. The molecule has 0 rings (SSSR count). The van der Waals surface area contributed by atoms with Crippen molar-refractivity contribution in [2.45, 2.75) is 0 Å². The minimum Gasteiger partial charge on any atom is -0.478 e. The van der Waals surface area contributed by atoms with Crippen molar-refractivity contribution in [3.8, 4) is 0 Å². The molecule has 11 heavy (non-hydrogen) atoms. The van der Waals surface area contributed by atoms with Crippen LogP contribution in [0.4, 0.5) is 0 Å². The second kappa shape index (κ2) is 4.64. The standard InChI is InChI=1S/C5H8O5Si/c1-10-11-3(5(8)9)2-4(6)7/h2H,11H2,1H3,(H,6,7)(H,8,9)/b3-2+. The molecule has 0 bridgehead atoms. The van der Waals surface area contributed by atoms with Crippen LogP contribution >= 0.6 is 0 Å². The van der Waals surface area contributed by atoms with Crippen molar-refractivity contribution in [1.82, 2.24) is 0 Å². The number of rotatable bonds is 4. The normalized spacial score (nSPS) is 12.3. The SMILES string of the molecule is CO[SiH2]/C(=C/C(=O)O)C(=O)O. The second-order valence-electron chi connectivity index (χ2n) is 1.75. The van der Waals surface area contributed by atoms with E-state index in [2.05, 4.69) is 4.43 Å². The minimum absolute atomic E-state index is 0.139. The zero-order valence-corrected chi connectivity index (χ0v) is 7.32. The first-order chi connectivity index (χ1) is 5.07. The Morgan fingerprint density at radius 1 is 1.45 bits per heavy atom. The fraction of sp³-hybridized carbons (Fsp3) is 0.200. The third-order valence-corrected chi connectivity index (χ3v) is 1.98. The highest BCUT2D eigenvalue weighted by atomic mass is 28.2. The van der Waals surface area contributed by atoms with Gasteiger partial charge in [-0.3, -0.25) is 0 Å². The van der Waals surface area contributed by atoms with Gasteiger partial charge in [-0.05, 0) is 0 Å². The fourth-order valence-electron chi connectivity index (χ4n) is 0.470. The molecule has 0 atom stereocenters. The summed E-state index contributed by atoms with van der Waals surface area (Å²) >= 11 is 0. The molecule has 0 saturated carbocycles. The Balaban J connectivity index is 4.32. The molecule has 0 aliphatic carbocycles. The Morgan fingerprint density at radius 2 is 2.00 bits per heavy atom. The summed E-state index contributed by atoms with van der Waals surface area (Å²) in [5, 5.41) is 16.4. The lowest BCUT2D eigenvalue weighted by atomic mass is 10.5. The van der Waals surface area contributed by atoms with Gasteiger partial charge in [0.15, 0.2) is 0 Å². The van der Waals surface area contributed by atoms with Crippen LogP contribution in [0.1, 0.15) is 0 Å². The number of hydrogen-bond donors (Lipinski definition) is 2. The van der Waals surface area contributed by atoms with Crippen molar-refractivity contribution < 1.29 is 24.2 Å². The van der Waals surface area contributed by atoms with E-state index in [1.54, 1.807) is 0 Å². The zero-order valence-electron chi connectivity index (χ0n) is 5.90. The lowest BCUT2D eigenvalue weighted by Gasteiger charge is -1.96. The highest BCUT2D eigenvalue weighted by Gasteiger charge is 2.08. The number of hydrogen-bond acceptors (Lipinski definition) is 3. The Morgan fingerprint density at radius 3 is 2.27 bits per heavy atom. The van der Waals surface area contributed by atoms with Crippen LogP contribution in [-0.2, 0) is 14.0 Å². The van der Waals surface area contributed by atoms with Gasteiger partial charge < -0.3 is 14.6 Å². The van der Waals surface area contributed by atoms with Gasteiger partial charge in [-0.15, -0.1) is 0 Å². The average Bonchev–Trinajstić information content (AvgIpc) is 1.86. The quantitative estimate of drug-likeness (QED) is 0.414. The van der Waals surface area contributed by atoms with Crippen LogP contribution in [0.5, 0.6) is 0 Å². The van der Waals surface area contributed by atoms with Crippen LogP contribution in [0.3, 0.4) is 0 Å². The predicted octanol–water partition coefficient (Wildman–Crippen LogP) is -1.23. The van der Waals surface area contributed by atoms with Gasteiger partial charge >= 0.3 is 11.9 Å². The first-order valence-electron chi connectivity index (χ1n) is 2.73. The van der Waals surface area contributed by atoms with Gasteiger partial charge in [0.25, 0.3) is 0 Å². The first-order valence-corrected chi connectivity index (χ1v) is 4.02. The summed E-state index contributed by atoms with van der Waals surface area (Å²) in [5.74, 6) is -2.48. The number of carboxylic acid groups (broad SMARTS) is 2. The molecule has 0 spiro atoms. The molecule has 0 unspecified atom stereocenters. The summed E-state index contributed by atoms with van der Waals surface area (Å²) in [6.45, 7) is 0. The monoisotopic (exact) mass is 176 g/mol. The molecule has 2 N–H and O–H groups in total. The van der Waals surface area contributed by atoms with Crippen LogP contribution in [0.2, 0.25) is 0 Å².